The highest BCUT2D eigenvalue weighted by atomic mass is 32.1. The molecule has 0 unspecified atom stereocenters. The van der Waals surface area contributed by atoms with Gasteiger partial charge in [0.2, 0.25) is 0 Å². The first-order valence-corrected chi connectivity index (χ1v) is 3.49. The van der Waals surface area contributed by atoms with Crippen molar-refractivity contribution in [1.82, 2.24) is 10.5 Å². The van der Waals surface area contributed by atoms with E-state index in [1.54, 1.807) is 11.3 Å². The summed E-state index contributed by atoms with van der Waals surface area (Å²) in [6.45, 7) is 2.37. The van der Waals surface area contributed by atoms with Crippen LogP contribution in [0, 0.1) is 6.92 Å². The summed E-state index contributed by atoms with van der Waals surface area (Å²) in [5.41, 5.74) is 3.05. The molecule has 0 aromatic carbocycles. The Morgan fingerprint density at radius 2 is 2.67 bits per heavy atom. The van der Waals surface area contributed by atoms with Crippen molar-refractivity contribution in [3.63, 3.8) is 0 Å². The Morgan fingerprint density at radius 1 is 1.89 bits per heavy atom. The van der Waals surface area contributed by atoms with Gasteiger partial charge in [0.15, 0.2) is 0 Å². The number of thiazole rings is 1. The van der Waals surface area contributed by atoms with Crippen LogP contribution in [-0.4, -0.2) is 10.2 Å². The highest BCUT2D eigenvalue weighted by Crippen LogP contribution is 2.06. The smallest absolute Gasteiger partial charge is 0.109 e. The zero-order valence-electron chi connectivity index (χ0n) is 5.09. The van der Waals surface area contributed by atoms with Gasteiger partial charge in [-0.2, -0.15) is 5.48 Å². The second-order valence-corrected chi connectivity index (χ2v) is 2.66. The van der Waals surface area contributed by atoms with E-state index in [0.717, 1.165) is 10.7 Å². The molecule has 50 valence electrons. The Labute approximate surface area is 57.3 Å². The van der Waals surface area contributed by atoms with Gasteiger partial charge in [0.25, 0.3) is 0 Å². The molecule has 0 radical (unpaired) electrons. The van der Waals surface area contributed by atoms with E-state index in [-0.39, 0.29) is 0 Å². The molecule has 0 amide bonds. The van der Waals surface area contributed by atoms with Crippen molar-refractivity contribution in [2.75, 3.05) is 0 Å². The van der Waals surface area contributed by atoms with Crippen LogP contribution in [0.5, 0.6) is 0 Å². The first-order chi connectivity index (χ1) is 4.33. The fraction of sp³-hybridized carbons (Fsp3) is 0.400. The van der Waals surface area contributed by atoms with Gasteiger partial charge in [0.05, 0.1) is 6.54 Å². The summed E-state index contributed by atoms with van der Waals surface area (Å²) in [5, 5.41) is 11.1. The van der Waals surface area contributed by atoms with Crippen LogP contribution in [0.2, 0.25) is 0 Å². The number of nitrogens with one attached hydrogen (secondary N) is 1. The largest absolute Gasteiger partial charge is 0.316 e. The van der Waals surface area contributed by atoms with E-state index in [0.29, 0.717) is 6.54 Å². The SMILES string of the molecule is Cc1csc(CNO)n1. The molecule has 1 heterocycles. The molecule has 0 spiro atoms. The lowest BCUT2D eigenvalue weighted by molar-refractivity contribution is 0.161. The third-order valence-corrected chi connectivity index (χ3v) is 1.86. The number of hydrogen-bond donors (Lipinski definition) is 2. The summed E-state index contributed by atoms with van der Waals surface area (Å²) in [5.74, 6) is 0. The summed E-state index contributed by atoms with van der Waals surface area (Å²) in [6, 6.07) is 0. The lowest BCUT2D eigenvalue weighted by atomic mass is 10.6. The second-order valence-electron chi connectivity index (χ2n) is 1.72. The Hall–Kier alpha value is -0.450. The van der Waals surface area contributed by atoms with Crippen LogP contribution in [0.3, 0.4) is 0 Å². The van der Waals surface area contributed by atoms with Crippen LogP contribution >= 0.6 is 11.3 Å². The molecule has 1 aromatic heterocycles. The number of nitrogens with zero attached hydrogens (tertiary/aromatic N) is 1. The number of hydrogen-bond acceptors (Lipinski definition) is 4. The summed E-state index contributed by atoms with van der Waals surface area (Å²) >= 11 is 1.54. The number of hydroxylamine groups is 1. The van der Waals surface area contributed by atoms with E-state index in [9.17, 15) is 0 Å². The van der Waals surface area contributed by atoms with E-state index in [4.69, 9.17) is 5.21 Å². The van der Waals surface area contributed by atoms with Gasteiger partial charge in [-0.05, 0) is 6.92 Å². The predicted octanol–water partition coefficient (Wildman–Crippen LogP) is 0.930. The molecule has 1 rings (SSSR count). The molecule has 0 fully saturated rings. The molecule has 0 aliphatic rings. The third kappa shape index (κ3) is 1.74. The lowest BCUT2D eigenvalue weighted by Crippen LogP contribution is -2.05. The van der Waals surface area contributed by atoms with Crippen LogP contribution in [0.4, 0.5) is 0 Å². The highest BCUT2D eigenvalue weighted by Gasteiger charge is 1.94. The average molecular weight is 144 g/mol. The monoisotopic (exact) mass is 144 g/mol. The average Bonchev–Trinajstić information content (AvgIpc) is 2.17. The van der Waals surface area contributed by atoms with Crippen molar-refractivity contribution < 1.29 is 5.21 Å². The molecule has 0 aliphatic heterocycles. The van der Waals surface area contributed by atoms with Crippen molar-refractivity contribution in [3.05, 3.63) is 16.1 Å². The van der Waals surface area contributed by atoms with Crippen LogP contribution in [0.1, 0.15) is 10.7 Å². The highest BCUT2D eigenvalue weighted by molar-refractivity contribution is 7.09. The van der Waals surface area contributed by atoms with Gasteiger partial charge in [0, 0.05) is 11.1 Å². The summed E-state index contributed by atoms with van der Waals surface area (Å²) in [4.78, 5) is 4.10. The van der Waals surface area contributed by atoms with Crippen LogP contribution in [0.15, 0.2) is 5.38 Å². The zero-order valence-corrected chi connectivity index (χ0v) is 5.90. The standard InChI is InChI=1S/C5H8N2OS/c1-4-3-9-5(7-4)2-6-8/h3,6,8H,2H2,1H3. The van der Waals surface area contributed by atoms with Crippen LogP contribution < -0.4 is 5.48 Å². The summed E-state index contributed by atoms with van der Waals surface area (Å²) in [6.07, 6.45) is 0. The minimum absolute atomic E-state index is 0.443. The van der Waals surface area contributed by atoms with Crippen LogP contribution in [-0.2, 0) is 6.54 Å². The van der Waals surface area contributed by atoms with E-state index in [1.807, 2.05) is 17.8 Å². The van der Waals surface area contributed by atoms with Gasteiger partial charge in [-0.15, -0.1) is 11.3 Å². The summed E-state index contributed by atoms with van der Waals surface area (Å²) < 4.78 is 0. The van der Waals surface area contributed by atoms with Gasteiger partial charge in [-0.3, -0.25) is 0 Å². The minimum Gasteiger partial charge on any atom is -0.316 e. The van der Waals surface area contributed by atoms with Gasteiger partial charge in [0.1, 0.15) is 5.01 Å². The van der Waals surface area contributed by atoms with Crippen molar-refractivity contribution in [2.24, 2.45) is 0 Å². The lowest BCUT2D eigenvalue weighted by Gasteiger charge is -1.87. The van der Waals surface area contributed by atoms with Gasteiger partial charge >= 0.3 is 0 Å². The van der Waals surface area contributed by atoms with Gasteiger partial charge in [-0.25, -0.2) is 4.98 Å². The maximum atomic E-state index is 8.25. The van der Waals surface area contributed by atoms with Gasteiger partial charge in [-0.1, -0.05) is 0 Å². The van der Waals surface area contributed by atoms with Gasteiger partial charge < -0.3 is 5.21 Å². The Balaban J connectivity index is 2.61. The number of aryl methyl sites for hydroxylation is 1. The molecule has 0 saturated carbocycles. The van der Waals surface area contributed by atoms with E-state index < -0.39 is 0 Å². The maximum absolute atomic E-state index is 8.25. The fourth-order valence-corrected chi connectivity index (χ4v) is 1.26. The molecule has 0 aliphatic carbocycles. The predicted molar refractivity (Wildman–Crippen MR) is 35.5 cm³/mol. The maximum Gasteiger partial charge on any atom is 0.109 e. The number of rotatable bonds is 2. The molecule has 1 aromatic rings. The van der Waals surface area contributed by atoms with Crippen molar-refractivity contribution >= 4 is 11.3 Å². The molecule has 4 heteroatoms. The summed E-state index contributed by atoms with van der Waals surface area (Å²) in [7, 11) is 0. The molecule has 2 N–H and O–H groups in total. The molecule has 9 heavy (non-hydrogen) atoms. The third-order valence-electron chi connectivity index (χ3n) is 0.897. The first-order valence-electron chi connectivity index (χ1n) is 2.61. The van der Waals surface area contributed by atoms with E-state index in [2.05, 4.69) is 4.98 Å². The quantitative estimate of drug-likeness (QED) is 0.607. The minimum atomic E-state index is 0.443. The van der Waals surface area contributed by atoms with Crippen molar-refractivity contribution in [1.29, 1.82) is 0 Å². The molecule has 3 nitrogen and oxygen atoms in total. The second kappa shape index (κ2) is 2.91. The normalized spacial score (nSPS) is 10.0. The first kappa shape index (κ1) is 6.67. The van der Waals surface area contributed by atoms with E-state index in [1.165, 1.54) is 0 Å². The molecule has 0 saturated heterocycles. The molecular formula is C5H8N2OS. The Morgan fingerprint density at radius 3 is 3.11 bits per heavy atom. The Bertz CT molecular complexity index is 187. The molecule has 0 bridgehead atoms. The molecule has 0 atom stereocenters. The Kier molecular flexibility index (Phi) is 2.16. The zero-order chi connectivity index (χ0) is 6.69. The molecular weight excluding hydrogens is 136 g/mol. The van der Waals surface area contributed by atoms with Crippen molar-refractivity contribution in [3.8, 4) is 0 Å². The van der Waals surface area contributed by atoms with E-state index >= 15 is 0 Å². The fourth-order valence-electron chi connectivity index (χ4n) is 0.552. The topological polar surface area (TPSA) is 45.1 Å². The van der Waals surface area contributed by atoms with Crippen LogP contribution in [0.25, 0.3) is 0 Å². The number of aromatic nitrogens is 1. The van der Waals surface area contributed by atoms with Crippen molar-refractivity contribution in [2.45, 2.75) is 13.5 Å².